The van der Waals surface area contributed by atoms with Crippen molar-refractivity contribution < 1.29 is 4.39 Å². The van der Waals surface area contributed by atoms with E-state index in [-0.39, 0.29) is 29.8 Å². The van der Waals surface area contributed by atoms with Crippen LogP contribution >= 0.6 is 24.0 Å². The summed E-state index contributed by atoms with van der Waals surface area (Å²) < 4.78 is 15.3. The third-order valence-corrected chi connectivity index (χ3v) is 3.43. The van der Waals surface area contributed by atoms with E-state index < -0.39 is 0 Å². The standard InChI is InChI=1S/C17H24FN5.HI/c1-3-20-17(21-7-4-9-23-10-8-19-13-23)22-12-15-5-6-16(18)14(2)11-15;/h5-6,8,10-11,13H,3-4,7,9,12H2,1-2H3,(H2,20,21,22);1H. The average Bonchev–Trinajstić information content (AvgIpc) is 3.05. The van der Waals surface area contributed by atoms with Gasteiger partial charge >= 0.3 is 0 Å². The maximum Gasteiger partial charge on any atom is 0.191 e. The summed E-state index contributed by atoms with van der Waals surface area (Å²) >= 11 is 0. The van der Waals surface area contributed by atoms with Crippen molar-refractivity contribution in [3.05, 3.63) is 53.9 Å². The number of guanidine groups is 1. The van der Waals surface area contributed by atoms with Gasteiger partial charge in [-0.25, -0.2) is 14.4 Å². The fraction of sp³-hybridized carbons (Fsp3) is 0.412. The Hall–Kier alpha value is -1.64. The van der Waals surface area contributed by atoms with Crippen molar-refractivity contribution in [2.45, 2.75) is 33.4 Å². The maximum absolute atomic E-state index is 13.3. The fourth-order valence-corrected chi connectivity index (χ4v) is 2.20. The van der Waals surface area contributed by atoms with Crippen LogP contribution in [-0.4, -0.2) is 28.6 Å². The second-order valence-corrected chi connectivity index (χ2v) is 5.36. The lowest BCUT2D eigenvalue weighted by Gasteiger charge is -2.11. The summed E-state index contributed by atoms with van der Waals surface area (Å²) in [6.45, 7) is 6.87. The summed E-state index contributed by atoms with van der Waals surface area (Å²) in [6, 6.07) is 5.10. The van der Waals surface area contributed by atoms with Gasteiger partial charge in [0, 0.05) is 32.0 Å². The molecule has 0 unspecified atom stereocenters. The van der Waals surface area contributed by atoms with Crippen molar-refractivity contribution in [3.8, 4) is 0 Å². The van der Waals surface area contributed by atoms with E-state index in [1.807, 2.05) is 30.1 Å². The van der Waals surface area contributed by atoms with Gasteiger partial charge in [-0.1, -0.05) is 12.1 Å². The summed E-state index contributed by atoms with van der Waals surface area (Å²) in [6.07, 6.45) is 6.53. The molecule has 0 aliphatic rings. The molecule has 0 saturated carbocycles. The number of aliphatic imine (C=N–C) groups is 1. The molecule has 0 spiro atoms. The number of benzene rings is 1. The van der Waals surface area contributed by atoms with Crippen LogP contribution in [0, 0.1) is 12.7 Å². The molecular weight excluding hydrogens is 420 g/mol. The monoisotopic (exact) mass is 445 g/mol. The van der Waals surface area contributed by atoms with E-state index in [9.17, 15) is 4.39 Å². The molecule has 1 aromatic carbocycles. The van der Waals surface area contributed by atoms with Crippen LogP contribution < -0.4 is 10.6 Å². The topological polar surface area (TPSA) is 54.2 Å². The first-order valence-electron chi connectivity index (χ1n) is 7.92. The zero-order valence-electron chi connectivity index (χ0n) is 14.1. The molecule has 7 heteroatoms. The summed E-state index contributed by atoms with van der Waals surface area (Å²) in [7, 11) is 0. The third kappa shape index (κ3) is 6.86. The van der Waals surface area contributed by atoms with Gasteiger partial charge in [0.15, 0.2) is 5.96 Å². The van der Waals surface area contributed by atoms with E-state index in [4.69, 9.17) is 0 Å². The number of nitrogens with zero attached hydrogens (tertiary/aromatic N) is 3. The van der Waals surface area contributed by atoms with Gasteiger partial charge in [0.25, 0.3) is 0 Å². The number of halogens is 2. The van der Waals surface area contributed by atoms with Crippen molar-refractivity contribution in [1.29, 1.82) is 0 Å². The van der Waals surface area contributed by atoms with Gasteiger partial charge in [-0.15, -0.1) is 24.0 Å². The van der Waals surface area contributed by atoms with Gasteiger partial charge in [-0.2, -0.15) is 0 Å². The van der Waals surface area contributed by atoms with Crippen LogP contribution in [0.2, 0.25) is 0 Å². The molecule has 1 heterocycles. The summed E-state index contributed by atoms with van der Waals surface area (Å²) in [5.41, 5.74) is 1.65. The molecule has 24 heavy (non-hydrogen) atoms. The minimum atomic E-state index is -0.178. The van der Waals surface area contributed by atoms with Gasteiger partial charge < -0.3 is 15.2 Å². The Balaban J connectivity index is 0.00000288. The lowest BCUT2D eigenvalue weighted by Crippen LogP contribution is -2.38. The van der Waals surface area contributed by atoms with Gasteiger partial charge in [0.2, 0.25) is 0 Å². The van der Waals surface area contributed by atoms with Crippen LogP contribution in [0.4, 0.5) is 4.39 Å². The molecule has 1 aromatic heterocycles. The van der Waals surface area contributed by atoms with Gasteiger partial charge in [0.05, 0.1) is 12.9 Å². The molecule has 2 rings (SSSR count). The Morgan fingerprint density at radius 1 is 1.33 bits per heavy atom. The minimum Gasteiger partial charge on any atom is -0.357 e. The average molecular weight is 445 g/mol. The number of hydrogen-bond donors (Lipinski definition) is 2. The van der Waals surface area contributed by atoms with Crippen molar-refractivity contribution in [1.82, 2.24) is 20.2 Å². The van der Waals surface area contributed by atoms with E-state index in [1.54, 1.807) is 19.2 Å². The van der Waals surface area contributed by atoms with Crippen molar-refractivity contribution in [2.24, 2.45) is 4.99 Å². The highest BCUT2D eigenvalue weighted by atomic mass is 127. The Labute approximate surface area is 159 Å². The lowest BCUT2D eigenvalue weighted by atomic mass is 10.1. The van der Waals surface area contributed by atoms with Gasteiger partial charge in [0.1, 0.15) is 5.82 Å². The minimum absolute atomic E-state index is 0. The number of imidazole rings is 1. The molecule has 0 fully saturated rings. The molecule has 0 bridgehead atoms. The number of nitrogens with one attached hydrogen (secondary N) is 2. The molecule has 0 amide bonds. The SMILES string of the molecule is CCNC(=NCc1ccc(F)c(C)c1)NCCCn1ccnc1.I. The number of rotatable bonds is 7. The molecular formula is C17H25FIN5. The second kappa shape index (κ2) is 11.0. The normalized spacial score (nSPS) is 11.0. The highest BCUT2D eigenvalue weighted by Gasteiger charge is 2.00. The highest BCUT2D eigenvalue weighted by molar-refractivity contribution is 14.0. The molecule has 0 saturated heterocycles. The van der Waals surface area contributed by atoms with Crippen LogP contribution in [0.15, 0.2) is 41.9 Å². The van der Waals surface area contributed by atoms with Crippen LogP contribution in [-0.2, 0) is 13.1 Å². The first-order valence-corrected chi connectivity index (χ1v) is 7.92. The molecule has 5 nitrogen and oxygen atoms in total. The van der Waals surface area contributed by atoms with Gasteiger partial charge in [-0.3, -0.25) is 0 Å². The summed E-state index contributed by atoms with van der Waals surface area (Å²) in [5, 5.41) is 6.53. The zero-order chi connectivity index (χ0) is 16.5. The lowest BCUT2D eigenvalue weighted by molar-refractivity contribution is 0.617. The largest absolute Gasteiger partial charge is 0.357 e. The molecule has 2 N–H and O–H groups in total. The summed E-state index contributed by atoms with van der Waals surface area (Å²) in [5.74, 6) is 0.599. The Morgan fingerprint density at radius 3 is 2.83 bits per heavy atom. The van der Waals surface area contributed by atoms with E-state index in [0.717, 1.165) is 37.6 Å². The smallest absolute Gasteiger partial charge is 0.191 e. The quantitative estimate of drug-likeness (QED) is 0.298. The van der Waals surface area contributed by atoms with E-state index in [1.165, 1.54) is 6.07 Å². The number of hydrogen-bond acceptors (Lipinski definition) is 2. The van der Waals surface area contributed by atoms with E-state index in [0.29, 0.717) is 12.1 Å². The van der Waals surface area contributed by atoms with Crippen LogP contribution in [0.25, 0.3) is 0 Å². The molecule has 132 valence electrons. The predicted molar refractivity (Wildman–Crippen MR) is 106 cm³/mol. The predicted octanol–water partition coefficient (Wildman–Crippen LogP) is 3.09. The Bertz CT molecular complexity index is 628. The second-order valence-electron chi connectivity index (χ2n) is 5.36. The van der Waals surface area contributed by atoms with E-state index in [2.05, 4.69) is 20.6 Å². The molecule has 0 radical (unpaired) electrons. The fourth-order valence-electron chi connectivity index (χ4n) is 2.20. The number of aromatic nitrogens is 2. The molecule has 0 atom stereocenters. The molecule has 0 aliphatic heterocycles. The van der Waals surface area contributed by atoms with Crippen LogP contribution in [0.5, 0.6) is 0 Å². The first-order chi connectivity index (χ1) is 11.2. The number of aryl methyl sites for hydroxylation is 2. The third-order valence-electron chi connectivity index (χ3n) is 3.43. The Morgan fingerprint density at radius 2 is 2.17 bits per heavy atom. The van der Waals surface area contributed by atoms with E-state index >= 15 is 0 Å². The van der Waals surface area contributed by atoms with Crippen molar-refractivity contribution in [2.75, 3.05) is 13.1 Å². The summed E-state index contributed by atoms with van der Waals surface area (Å²) in [4.78, 5) is 8.56. The Kier molecular flexibility index (Phi) is 9.36. The van der Waals surface area contributed by atoms with Crippen molar-refractivity contribution >= 4 is 29.9 Å². The van der Waals surface area contributed by atoms with Crippen LogP contribution in [0.3, 0.4) is 0 Å². The van der Waals surface area contributed by atoms with Crippen LogP contribution in [0.1, 0.15) is 24.5 Å². The zero-order valence-corrected chi connectivity index (χ0v) is 16.5. The molecule has 0 aliphatic carbocycles. The van der Waals surface area contributed by atoms with Crippen molar-refractivity contribution in [3.63, 3.8) is 0 Å². The highest BCUT2D eigenvalue weighted by Crippen LogP contribution is 2.09. The first kappa shape index (κ1) is 20.4. The molecule has 2 aromatic rings. The maximum atomic E-state index is 13.3. The van der Waals surface area contributed by atoms with Gasteiger partial charge in [-0.05, 0) is 37.5 Å².